The van der Waals surface area contributed by atoms with Gasteiger partial charge in [-0.2, -0.15) is 0 Å². The van der Waals surface area contributed by atoms with Crippen molar-refractivity contribution in [2.24, 2.45) is 0 Å². The van der Waals surface area contributed by atoms with Crippen LogP contribution in [0.1, 0.15) is 231 Å². The fourth-order valence-electron chi connectivity index (χ4n) is 7.98. The van der Waals surface area contributed by atoms with Crippen molar-refractivity contribution in [3.63, 3.8) is 0 Å². The third-order valence-electron chi connectivity index (χ3n) is 11.4. The largest absolute Gasteiger partial charge is 0.493 e. The molecular weight excluding hydrogens is 735 g/mol. The Labute approximate surface area is 359 Å². The van der Waals surface area contributed by atoms with Crippen LogP contribution in [0.5, 0.6) is 0 Å². The van der Waals surface area contributed by atoms with Crippen LogP contribution in [0.25, 0.3) is 16.9 Å². The minimum absolute atomic E-state index is 1.00. The molecule has 0 bridgehead atoms. The second-order valence-corrected chi connectivity index (χ2v) is 17.4. The summed E-state index contributed by atoms with van der Waals surface area (Å²) in [7, 11) is 0. The number of aryl methyl sites for hydroxylation is 2. The molecule has 0 saturated carbocycles. The number of hydrogen-bond acceptors (Lipinski definition) is 0. The van der Waals surface area contributed by atoms with Gasteiger partial charge >= 0.3 is 50.5 Å². The van der Waals surface area contributed by atoms with E-state index in [1.54, 1.807) is 4.70 Å². The molecule has 3 heteroatoms. The number of hydrogen-bond donors (Lipinski definition) is 0. The predicted molar refractivity (Wildman–Crippen MR) is 250 cm³/mol. The molecule has 0 spiro atoms. The van der Waals surface area contributed by atoms with Gasteiger partial charge in [-0.1, -0.05) is 187 Å². The van der Waals surface area contributed by atoms with Gasteiger partial charge in [-0.3, -0.25) is 0 Å². The van der Waals surface area contributed by atoms with E-state index in [2.05, 4.69) is 86.3 Å². The van der Waals surface area contributed by atoms with Crippen LogP contribution < -0.4 is 0 Å². The van der Waals surface area contributed by atoms with Crippen molar-refractivity contribution in [2.75, 3.05) is 0 Å². The van der Waals surface area contributed by atoms with Crippen molar-refractivity contribution in [1.82, 2.24) is 0 Å². The van der Waals surface area contributed by atoms with Crippen LogP contribution in [0.2, 0.25) is 0 Å². The van der Waals surface area contributed by atoms with Gasteiger partial charge in [0, 0.05) is 22.3 Å². The monoisotopic (exact) mass is 821 g/mol. The van der Waals surface area contributed by atoms with Gasteiger partial charge in [0.1, 0.15) is 0 Å². The molecule has 0 amide bonds. The third kappa shape index (κ3) is 21.4. The van der Waals surface area contributed by atoms with Gasteiger partial charge in [0.2, 0.25) is 11.4 Å². The number of rotatable bonds is 32. The standard InChI is InChI=1S/C48H76N2.2C3H5.Ni/c1-5-9-12-14-15-16-17-18-19-20-21-22-23-24-25-26-27-28-30-42-35-39-44(40-36-42)48-46(32-29-13-10-6-2)45(31-11-7-3)47(50(48)49)43-37-33-41(8-4)34-38-43;2*1-3-2;/h33-40H,5-32H2,1-4H3;2*1,3H,2H3;. The summed E-state index contributed by atoms with van der Waals surface area (Å²) in [4.78, 5) is 0. The van der Waals surface area contributed by atoms with E-state index in [0.717, 1.165) is 61.0 Å². The van der Waals surface area contributed by atoms with E-state index in [-0.39, 0.29) is 0 Å². The fourth-order valence-corrected chi connectivity index (χ4v) is 8.47. The van der Waals surface area contributed by atoms with E-state index < -0.39 is 0 Å². The van der Waals surface area contributed by atoms with Crippen LogP contribution in [0.15, 0.2) is 81.9 Å². The van der Waals surface area contributed by atoms with E-state index >= 15 is 0 Å². The van der Waals surface area contributed by atoms with Crippen molar-refractivity contribution in [1.29, 1.82) is 0 Å². The Morgan fingerprint density at radius 1 is 0.421 bits per heavy atom. The van der Waals surface area contributed by atoms with Gasteiger partial charge in [0.05, 0.1) is 0 Å². The van der Waals surface area contributed by atoms with Crippen molar-refractivity contribution in [3.8, 4) is 0 Å². The molecule has 1 aliphatic rings. The van der Waals surface area contributed by atoms with Crippen LogP contribution in [0.3, 0.4) is 0 Å². The van der Waals surface area contributed by atoms with Crippen LogP contribution in [0, 0.1) is 0 Å². The molecule has 3 rings (SSSR count). The van der Waals surface area contributed by atoms with Crippen molar-refractivity contribution >= 4 is 11.4 Å². The Morgan fingerprint density at radius 2 is 0.754 bits per heavy atom. The molecule has 0 saturated heterocycles. The van der Waals surface area contributed by atoms with Gasteiger partial charge < -0.3 is 5.53 Å². The van der Waals surface area contributed by atoms with Gasteiger partial charge in [-0.05, 0) is 80.3 Å². The average molecular weight is 822 g/mol. The summed E-state index contributed by atoms with van der Waals surface area (Å²) in [6, 6.07) is 18.1. The van der Waals surface area contributed by atoms with Gasteiger partial charge in [-0.25, -0.2) is 4.70 Å². The first-order valence-electron chi connectivity index (χ1n) is 24.0. The van der Waals surface area contributed by atoms with E-state index in [4.69, 9.17) is 0 Å². The summed E-state index contributed by atoms with van der Waals surface area (Å²) < 4.78 is 1.55. The van der Waals surface area contributed by atoms with Gasteiger partial charge in [0.15, 0.2) is 0 Å². The van der Waals surface area contributed by atoms with Crippen molar-refractivity contribution in [2.45, 2.75) is 221 Å². The number of nitrogens with zero attached hydrogens (tertiary/aromatic N) is 2. The average Bonchev–Trinajstić information content (AvgIpc) is 3.51. The van der Waals surface area contributed by atoms with E-state index in [1.807, 2.05) is 26.0 Å². The zero-order valence-corrected chi connectivity index (χ0v) is 38.9. The van der Waals surface area contributed by atoms with E-state index in [9.17, 15) is 5.53 Å². The molecule has 0 fully saturated rings. The maximum absolute atomic E-state index is 11.9. The normalized spacial score (nSPS) is 13.2. The van der Waals surface area contributed by atoms with Crippen molar-refractivity contribution in [3.05, 3.63) is 110 Å². The molecule has 0 atom stereocenters. The van der Waals surface area contributed by atoms with E-state index in [1.165, 1.54) is 178 Å². The summed E-state index contributed by atoms with van der Waals surface area (Å²) in [5.41, 5.74) is 21.7. The fraction of sp³-hybridized carbons (Fsp3) is 0.630. The summed E-state index contributed by atoms with van der Waals surface area (Å²) in [6.45, 7) is 13.1. The Bertz CT molecular complexity index is 1420. The molecule has 2 nitrogen and oxygen atoms in total. The molecule has 322 valence electrons. The Kier molecular flexibility index (Phi) is 30.5. The molecule has 2 aromatic rings. The van der Waals surface area contributed by atoms with Crippen LogP contribution in [0.4, 0.5) is 0 Å². The minimum Gasteiger partial charge on any atom is -0.493 e. The summed E-state index contributed by atoms with van der Waals surface area (Å²) in [6.07, 6.45) is 41.1. The predicted octanol–water partition coefficient (Wildman–Crippen LogP) is 18.3. The Balaban J connectivity index is 0.00000146. The number of allylic oxidation sites excluding steroid dienone is 4. The second kappa shape index (κ2) is 34.4. The van der Waals surface area contributed by atoms with Gasteiger partial charge in [-0.15, -0.1) is 0 Å². The molecule has 1 heterocycles. The first kappa shape index (κ1) is 50.6. The minimum atomic E-state index is 1.00. The SMILES string of the molecule is CC=[CH][Ni][CH]=CC.CCCCCCCCCCCCCCCCCCCCc1ccc(C2=C(CCCCCC)C(CCCC)=C(c3ccc(CC)cc3)[N+]2=[N-])cc1. The quantitative estimate of drug-likeness (QED) is 0.0399. The number of unbranched alkanes of at least 4 members (excludes halogenated alkanes) is 21. The summed E-state index contributed by atoms with van der Waals surface area (Å²) >= 11 is 1.54. The molecule has 57 heavy (non-hydrogen) atoms. The van der Waals surface area contributed by atoms with Crippen LogP contribution in [-0.2, 0) is 27.3 Å². The maximum atomic E-state index is 11.9. The molecule has 0 N–H and O–H groups in total. The topological polar surface area (TPSA) is 25.3 Å². The zero-order valence-electron chi connectivity index (χ0n) is 37.9. The summed E-state index contributed by atoms with van der Waals surface area (Å²) in [5.74, 6) is 0. The molecule has 0 unspecified atom stereocenters. The third-order valence-corrected chi connectivity index (χ3v) is 12.5. The van der Waals surface area contributed by atoms with Crippen molar-refractivity contribution < 1.29 is 19.1 Å². The maximum Gasteiger partial charge on any atom is 0.211 e. The number of benzene rings is 2. The first-order valence-corrected chi connectivity index (χ1v) is 25.1. The molecule has 2 aromatic carbocycles. The second-order valence-electron chi connectivity index (χ2n) is 16.4. The smallest absolute Gasteiger partial charge is 0.211 e. The zero-order chi connectivity index (χ0) is 41.2. The molecule has 1 aliphatic heterocycles. The summed E-state index contributed by atoms with van der Waals surface area (Å²) in [5, 5.41) is 4.12. The molecule has 0 aromatic heterocycles. The van der Waals surface area contributed by atoms with Crippen LogP contribution in [-0.4, -0.2) is 4.70 Å². The van der Waals surface area contributed by atoms with Gasteiger partial charge in [0.25, 0.3) is 0 Å². The van der Waals surface area contributed by atoms with E-state index in [0.29, 0.717) is 0 Å². The molecular formula is C54H86N2Ni. The first-order chi connectivity index (χ1) is 28.1. The Morgan fingerprint density at radius 3 is 1.14 bits per heavy atom. The molecule has 0 radical (unpaired) electrons. The Hall–Kier alpha value is -2.51. The van der Waals surface area contributed by atoms with Crippen LogP contribution >= 0.6 is 0 Å². The molecule has 0 aliphatic carbocycles.